The highest BCUT2D eigenvalue weighted by atomic mass is 79.9. The Morgan fingerprint density at radius 1 is 1.40 bits per heavy atom. The summed E-state index contributed by atoms with van der Waals surface area (Å²) in [5.41, 5.74) is 7.75. The summed E-state index contributed by atoms with van der Waals surface area (Å²) >= 11 is 3.38. The van der Waals surface area contributed by atoms with Crippen LogP contribution in [0, 0.1) is 5.92 Å². The van der Waals surface area contributed by atoms with Gasteiger partial charge in [-0.25, -0.2) is 0 Å². The van der Waals surface area contributed by atoms with Gasteiger partial charge in [-0.15, -0.1) is 0 Å². The van der Waals surface area contributed by atoms with Gasteiger partial charge in [0.05, 0.1) is 6.61 Å². The third-order valence-corrected chi connectivity index (χ3v) is 3.23. The van der Waals surface area contributed by atoms with E-state index in [1.807, 2.05) is 18.2 Å². The Bertz CT molecular complexity index is 336. The molecule has 1 aromatic rings. The Balaban J connectivity index is 1.76. The van der Waals surface area contributed by atoms with Crippen molar-refractivity contribution in [2.45, 2.75) is 25.9 Å². The maximum atomic E-state index is 5.87. The lowest BCUT2D eigenvalue weighted by Gasteiger charge is -2.07. The van der Waals surface area contributed by atoms with Crippen molar-refractivity contribution in [1.82, 2.24) is 0 Å². The van der Waals surface area contributed by atoms with Gasteiger partial charge in [0, 0.05) is 22.3 Å². The third-order valence-electron chi connectivity index (χ3n) is 2.73. The zero-order chi connectivity index (χ0) is 10.7. The molecule has 82 valence electrons. The van der Waals surface area contributed by atoms with Crippen LogP contribution in [0.1, 0.15) is 24.8 Å². The first-order valence-electron chi connectivity index (χ1n) is 5.37. The fraction of sp³-hybridized carbons (Fsp3) is 0.500. The standard InChI is InChI=1S/C12H16BrNO/c13-11-4-3-10(12(14)7-11)8-15-6-5-9-1-2-9/h3-4,7,9H,1-2,5-6,8,14H2. The maximum Gasteiger partial charge on any atom is 0.0736 e. The highest BCUT2D eigenvalue weighted by molar-refractivity contribution is 9.10. The Morgan fingerprint density at radius 2 is 2.20 bits per heavy atom. The predicted molar refractivity (Wildman–Crippen MR) is 65.6 cm³/mol. The van der Waals surface area contributed by atoms with Crippen LogP contribution in [0.3, 0.4) is 0 Å². The number of nitrogens with two attached hydrogens (primary N) is 1. The molecule has 0 saturated heterocycles. The monoisotopic (exact) mass is 269 g/mol. The van der Waals surface area contributed by atoms with Crippen LogP contribution in [0.25, 0.3) is 0 Å². The van der Waals surface area contributed by atoms with E-state index in [4.69, 9.17) is 10.5 Å². The molecule has 0 spiro atoms. The highest BCUT2D eigenvalue weighted by Gasteiger charge is 2.20. The molecule has 0 radical (unpaired) electrons. The first-order valence-corrected chi connectivity index (χ1v) is 6.16. The number of hydrogen-bond donors (Lipinski definition) is 1. The largest absolute Gasteiger partial charge is 0.398 e. The molecule has 15 heavy (non-hydrogen) atoms. The van der Waals surface area contributed by atoms with Crippen LogP contribution in [0.15, 0.2) is 22.7 Å². The molecule has 2 nitrogen and oxygen atoms in total. The number of rotatable bonds is 5. The Labute approximate surface area is 98.9 Å². The van der Waals surface area contributed by atoms with Gasteiger partial charge in [0.1, 0.15) is 0 Å². The van der Waals surface area contributed by atoms with E-state index in [0.717, 1.165) is 28.2 Å². The Kier molecular flexibility index (Phi) is 3.65. The van der Waals surface area contributed by atoms with Gasteiger partial charge in [0.25, 0.3) is 0 Å². The van der Waals surface area contributed by atoms with Crippen LogP contribution in [-0.4, -0.2) is 6.61 Å². The lowest BCUT2D eigenvalue weighted by molar-refractivity contribution is 0.115. The number of anilines is 1. The van der Waals surface area contributed by atoms with E-state index in [-0.39, 0.29) is 0 Å². The predicted octanol–water partition coefficient (Wildman–Crippen LogP) is 3.35. The summed E-state index contributed by atoms with van der Waals surface area (Å²) in [4.78, 5) is 0. The maximum absolute atomic E-state index is 5.87. The Morgan fingerprint density at radius 3 is 2.87 bits per heavy atom. The van der Waals surface area contributed by atoms with Gasteiger partial charge in [0.15, 0.2) is 0 Å². The molecule has 1 aromatic carbocycles. The number of ether oxygens (including phenoxy) is 1. The molecule has 1 fully saturated rings. The SMILES string of the molecule is Nc1cc(Br)ccc1COCCC1CC1. The second-order valence-corrected chi connectivity index (χ2v) is 5.04. The van der Waals surface area contributed by atoms with Gasteiger partial charge >= 0.3 is 0 Å². The highest BCUT2D eigenvalue weighted by Crippen LogP contribution is 2.32. The second-order valence-electron chi connectivity index (χ2n) is 4.13. The molecule has 0 amide bonds. The minimum Gasteiger partial charge on any atom is -0.398 e. The molecule has 0 unspecified atom stereocenters. The van der Waals surface area contributed by atoms with E-state index in [9.17, 15) is 0 Å². The van der Waals surface area contributed by atoms with E-state index in [2.05, 4.69) is 15.9 Å². The van der Waals surface area contributed by atoms with Crippen LogP contribution >= 0.6 is 15.9 Å². The fourth-order valence-corrected chi connectivity index (χ4v) is 1.91. The van der Waals surface area contributed by atoms with E-state index in [0.29, 0.717) is 6.61 Å². The first kappa shape index (κ1) is 11.0. The molecule has 1 aliphatic carbocycles. The van der Waals surface area contributed by atoms with Gasteiger partial charge in [-0.05, 0) is 24.5 Å². The van der Waals surface area contributed by atoms with Crippen molar-refractivity contribution in [1.29, 1.82) is 0 Å². The topological polar surface area (TPSA) is 35.2 Å². The molecule has 2 N–H and O–H groups in total. The van der Waals surface area contributed by atoms with Crippen molar-refractivity contribution in [3.8, 4) is 0 Å². The van der Waals surface area contributed by atoms with Gasteiger partial charge in [0.2, 0.25) is 0 Å². The minimum absolute atomic E-state index is 0.631. The van der Waals surface area contributed by atoms with Crippen LogP contribution in [0.2, 0.25) is 0 Å². The van der Waals surface area contributed by atoms with Crippen LogP contribution in [-0.2, 0) is 11.3 Å². The molecule has 0 aromatic heterocycles. The molecule has 2 rings (SSSR count). The second kappa shape index (κ2) is 4.99. The molecule has 0 aliphatic heterocycles. The quantitative estimate of drug-likeness (QED) is 0.657. The van der Waals surface area contributed by atoms with E-state index in [1.54, 1.807) is 0 Å². The van der Waals surface area contributed by atoms with Gasteiger partial charge in [-0.2, -0.15) is 0 Å². The van der Waals surface area contributed by atoms with E-state index >= 15 is 0 Å². The molecule has 1 aliphatic rings. The van der Waals surface area contributed by atoms with Crippen molar-refractivity contribution in [3.05, 3.63) is 28.2 Å². The van der Waals surface area contributed by atoms with Crippen molar-refractivity contribution in [3.63, 3.8) is 0 Å². The summed E-state index contributed by atoms with van der Waals surface area (Å²) in [6.45, 7) is 1.49. The van der Waals surface area contributed by atoms with E-state index < -0.39 is 0 Å². The minimum atomic E-state index is 0.631. The van der Waals surface area contributed by atoms with Crippen molar-refractivity contribution < 1.29 is 4.74 Å². The molecule has 0 heterocycles. The fourth-order valence-electron chi connectivity index (χ4n) is 1.54. The average molecular weight is 270 g/mol. The smallest absolute Gasteiger partial charge is 0.0736 e. The summed E-state index contributed by atoms with van der Waals surface area (Å²) in [6.07, 6.45) is 3.99. The summed E-state index contributed by atoms with van der Waals surface area (Å²) in [6, 6.07) is 5.92. The summed E-state index contributed by atoms with van der Waals surface area (Å²) in [7, 11) is 0. The van der Waals surface area contributed by atoms with Crippen molar-refractivity contribution in [2.24, 2.45) is 5.92 Å². The zero-order valence-corrected chi connectivity index (χ0v) is 10.3. The van der Waals surface area contributed by atoms with Crippen molar-refractivity contribution >= 4 is 21.6 Å². The number of benzene rings is 1. The molecule has 3 heteroatoms. The molecular weight excluding hydrogens is 254 g/mol. The third kappa shape index (κ3) is 3.50. The van der Waals surface area contributed by atoms with Gasteiger partial charge < -0.3 is 10.5 Å². The molecule has 0 bridgehead atoms. The van der Waals surface area contributed by atoms with Crippen LogP contribution < -0.4 is 5.73 Å². The van der Waals surface area contributed by atoms with Crippen molar-refractivity contribution in [2.75, 3.05) is 12.3 Å². The lowest BCUT2D eigenvalue weighted by Crippen LogP contribution is -2.00. The lowest BCUT2D eigenvalue weighted by atomic mass is 10.2. The number of halogens is 1. The van der Waals surface area contributed by atoms with Gasteiger partial charge in [-0.3, -0.25) is 0 Å². The molecular formula is C12H16BrNO. The van der Waals surface area contributed by atoms with Crippen LogP contribution in [0.4, 0.5) is 5.69 Å². The molecule has 0 atom stereocenters. The molecule has 1 saturated carbocycles. The Hall–Kier alpha value is -0.540. The van der Waals surface area contributed by atoms with Gasteiger partial charge in [-0.1, -0.05) is 34.8 Å². The average Bonchev–Trinajstić information content (AvgIpc) is 2.99. The van der Waals surface area contributed by atoms with Crippen LogP contribution in [0.5, 0.6) is 0 Å². The summed E-state index contributed by atoms with van der Waals surface area (Å²) in [5.74, 6) is 0.937. The first-order chi connectivity index (χ1) is 7.25. The summed E-state index contributed by atoms with van der Waals surface area (Å²) < 4.78 is 6.61. The summed E-state index contributed by atoms with van der Waals surface area (Å²) in [5, 5.41) is 0. The van der Waals surface area contributed by atoms with E-state index in [1.165, 1.54) is 19.3 Å². The normalized spacial score (nSPS) is 15.5. The number of nitrogen functional groups attached to an aromatic ring is 1. The number of hydrogen-bond acceptors (Lipinski definition) is 2. The zero-order valence-electron chi connectivity index (χ0n) is 8.71.